The number of hydrogen-bond donors (Lipinski definition) is 1. The smallest absolute Gasteiger partial charge is 0.0386 e. The lowest BCUT2D eigenvalue weighted by Gasteiger charge is -2.02. The van der Waals surface area contributed by atoms with E-state index in [0.717, 1.165) is 18.5 Å². The highest BCUT2D eigenvalue weighted by atomic mass is 14.7. The van der Waals surface area contributed by atoms with Gasteiger partial charge < -0.3 is 5.73 Å². The summed E-state index contributed by atoms with van der Waals surface area (Å²) in [6.07, 6.45) is 4.59. The van der Waals surface area contributed by atoms with Crippen molar-refractivity contribution in [3.05, 3.63) is 11.8 Å². The van der Waals surface area contributed by atoms with E-state index in [-0.39, 0.29) is 0 Å². The minimum atomic E-state index is 0.473. The van der Waals surface area contributed by atoms with Crippen LogP contribution in [0.1, 0.15) is 27.2 Å². The topological polar surface area (TPSA) is 38.4 Å². The van der Waals surface area contributed by atoms with Gasteiger partial charge in [-0.15, -0.1) is 0 Å². The SMILES string of the molecule is CCCN=CC(=CN)C(C)C. The average molecular weight is 154 g/mol. The van der Waals surface area contributed by atoms with Crippen molar-refractivity contribution >= 4 is 6.21 Å². The number of nitrogens with zero attached hydrogens (tertiary/aromatic N) is 1. The van der Waals surface area contributed by atoms with Crippen molar-refractivity contribution in [3.8, 4) is 0 Å². The van der Waals surface area contributed by atoms with Crippen LogP contribution in [0.5, 0.6) is 0 Å². The van der Waals surface area contributed by atoms with Gasteiger partial charge in [-0.3, -0.25) is 4.99 Å². The van der Waals surface area contributed by atoms with Crippen LogP contribution in [0.4, 0.5) is 0 Å². The molecule has 0 unspecified atom stereocenters. The van der Waals surface area contributed by atoms with Crippen molar-refractivity contribution in [2.75, 3.05) is 6.54 Å². The average Bonchev–Trinajstić information content (AvgIpc) is 1.97. The number of nitrogens with two attached hydrogens (primary N) is 1. The lowest BCUT2D eigenvalue weighted by atomic mass is 10.1. The van der Waals surface area contributed by atoms with Gasteiger partial charge in [0.15, 0.2) is 0 Å². The Hall–Kier alpha value is -0.790. The third kappa shape index (κ3) is 4.59. The predicted molar refractivity (Wildman–Crippen MR) is 50.8 cm³/mol. The molecule has 0 rings (SSSR count). The second kappa shape index (κ2) is 5.96. The Morgan fingerprint density at radius 2 is 2.18 bits per heavy atom. The summed E-state index contributed by atoms with van der Waals surface area (Å²) in [5.41, 5.74) is 6.51. The molecule has 2 N–H and O–H groups in total. The second-order valence-electron chi connectivity index (χ2n) is 2.86. The first-order valence-electron chi connectivity index (χ1n) is 4.14. The first-order valence-corrected chi connectivity index (χ1v) is 4.14. The third-order valence-electron chi connectivity index (χ3n) is 1.45. The molecule has 0 fully saturated rings. The molecule has 0 saturated heterocycles. The van der Waals surface area contributed by atoms with Crippen LogP contribution in [0.3, 0.4) is 0 Å². The number of hydrogen-bond acceptors (Lipinski definition) is 2. The van der Waals surface area contributed by atoms with Gasteiger partial charge in [-0.05, 0) is 24.1 Å². The highest BCUT2D eigenvalue weighted by molar-refractivity contribution is 5.78. The van der Waals surface area contributed by atoms with E-state index in [9.17, 15) is 0 Å². The van der Waals surface area contributed by atoms with Crippen molar-refractivity contribution in [3.63, 3.8) is 0 Å². The van der Waals surface area contributed by atoms with Crippen LogP contribution >= 0.6 is 0 Å². The van der Waals surface area contributed by atoms with Crippen molar-refractivity contribution in [2.45, 2.75) is 27.2 Å². The Labute approximate surface area is 69.2 Å². The first-order chi connectivity index (χ1) is 5.22. The number of rotatable bonds is 4. The second-order valence-corrected chi connectivity index (χ2v) is 2.86. The highest BCUT2D eigenvalue weighted by Gasteiger charge is 1.96. The van der Waals surface area contributed by atoms with Crippen molar-refractivity contribution in [1.82, 2.24) is 0 Å². The first kappa shape index (κ1) is 10.2. The Bertz CT molecular complexity index is 146. The van der Waals surface area contributed by atoms with Crippen LogP contribution in [0.2, 0.25) is 0 Å². The van der Waals surface area contributed by atoms with Crippen molar-refractivity contribution < 1.29 is 0 Å². The minimum absolute atomic E-state index is 0.473. The summed E-state index contributed by atoms with van der Waals surface area (Å²) in [5.74, 6) is 0.473. The summed E-state index contributed by atoms with van der Waals surface area (Å²) in [5, 5.41) is 0. The monoisotopic (exact) mass is 154 g/mol. The van der Waals surface area contributed by atoms with E-state index in [1.165, 1.54) is 0 Å². The number of aliphatic imine (C=N–C) groups is 1. The fourth-order valence-corrected chi connectivity index (χ4v) is 0.684. The molecule has 11 heavy (non-hydrogen) atoms. The molecule has 0 atom stereocenters. The van der Waals surface area contributed by atoms with Crippen molar-refractivity contribution in [2.24, 2.45) is 16.6 Å². The van der Waals surface area contributed by atoms with Gasteiger partial charge in [-0.25, -0.2) is 0 Å². The van der Waals surface area contributed by atoms with E-state index in [2.05, 4.69) is 25.8 Å². The van der Waals surface area contributed by atoms with E-state index in [1.54, 1.807) is 6.20 Å². The number of allylic oxidation sites excluding steroid dienone is 1. The quantitative estimate of drug-likeness (QED) is 0.618. The summed E-state index contributed by atoms with van der Waals surface area (Å²) in [6.45, 7) is 7.22. The predicted octanol–water partition coefficient (Wildman–Crippen LogP) is 1.97. The molecule has 0 aliphatic heterocycles. The molecule has 0 aromatic carbocycles. The molecule has 0 spiro atoms. The maximum Gasteiger partial charge on any atom is 0.0386 e. The Kier molecular flexibility index (Phi) is 5.53. The molecule has 0 saturated carbocycles. The molecular formula is C9H18N2. The minimum Gasteiger partial charge on any atom is -0.404 e. The van der Waals surface area contributed by atoms with Gasteiger partial charge in [0.1, 0.15) is 0 Å². The van der Waals surface area contributed by atoms with E-state index in [4.69, 9.17) is 5.73 Å². The normalized spacial score (nSPS) is 13.3. The molecule has 0 aliphatic carbocycles. The molecule has 2 nitrogen and oxygen atoms in total. The van der Waals surface area contributed by atoms with Crippen molar-refractivity contribution in [1.29, 1.82) is 0 Å². The molecule has 0 radical (unpaired) electrons. The molecule has 0 heterocycles. The lowest BCUT2D eigenvalue weighted by molar-refractivity contribution is 0.801. The largest absolute Gasteiger partial charge is 0.404 e. The van der Waals surface area contributed by atoms with Gasteiger partial charge in [-0.2, -0.15) is 0 Å². The van der Waals surface area contributed by atoms with Gasteiger partial charge in [-0.1, -0.05) is 20.8 Å². The fourth-order valence-electron chi connectivity index (χ4n) is 0.684. The van der Waals surface area contributed by atoms with Gasteiger partial charge >= 0.3 is 0 Å². The van der Waals surface area contributed by atoms with Gasteiger partial charge in [0, 0.05) is 12.8 Å². The zero-order chi connectivity index (χ0) is 8.69. The van der Waals surface area contributed by atoms with Crippen LogP contribution in [0.15, 0.2) is 16.8 Å². The standard InChI is InChI=1S/C9H18N2/c1-4-5-11-7-9(6-10)8(2)3/h6-8H,4-5,10H2,1-3H3. The van der Waals surface area contributed by atoms with Crippen LogP contribution in [0, 0.1) is 5.92 Å². The summed E-state index contributed by atoms with van der Waals surface area (Å²) in [6, 6.07) is 0. The molecule has 0 amide bonds. The molecular weight excluding hydrogens is 136 g/mol. The molecule has 0 bridgehead atoms. The van der Waals surface area contributed by atoms with E-state index in [1.807, 2.05) is 6.21 Å². The van der Waals surface area contributed by atoms with E-state index in [0.29, 0.717) is 5.92 Å². The Balaban J connectivity index is 3.89. The summed E-state index contributed by atoms with van der Waals surface area (Å²) >= 11 is 0. The third-order valence-corrected chi connectivity index (χ3v) is 1.45. The highest BCUT2D eigenvalue weighted by Crippen LogP contribution is 2.04. The summed E-state index contributed by atoms with van der Waals surface area (Å²) in [4.78, 5) is 4.21. The Morgan fingerprint density at radius 1 is 1.55 bits per heavy atom. The van der Waals surface area contributed by atoms with Gasteiger partial charge in [0.05, 0.1) is 0 Å². The van der Waals surface area contributed by atoms with Crippen LogP contribution in [-0.4, -0.2) is 12.8 Å². The zero-order valence-corrected chi connectivity index (χ0v) is 7.67. The van der Waals surface area contributed by atoms with Crippen LogP contribution < -0.4 is 5.73 Å². The molecule has 64 valence electrons. The summed E-state index contributed by atoms with van der Waals surface area (Å²) in [7, 11) is 0. The lowest BCUT2D eigenvalue weighted by Crippen LogP contribution is -1.99. The molecule has 0 aromatic rings. The van der Waals surface area contributed by atoms with Gasteiger partial charge in [0.2, 0.25) is 0 Å². The Morgan fingerprint density at radius 3 is 2.55 bits per heavy atom. The van der Waals surface area contributed by atoms with E-state index >= 15 is 0 Å². The summed E-state index contributed by atoms with van der Waals surface area (Å²) < 4.78 is 0. The van der Waals surface area contributed by atoms with Crippen LogP contribution in [-0.2, 0) is 0 Å². The van der Waals surface area contributed by atoms with Gasteiger partial charge in [0.25, 0.3) is 0 Å². The zero-order valence-electron chi connectivity index (χ0n) is 7.67. The maximum absolute atomic E-state index is 5.40. The maximum atomic E-state index is 5.40. The van der Waals surface area contributed by atoms with Crippen LogP contribution in [0.25, 0.3) is 0 Å². The molecule has 0 aliphatic rings. The van der Waals surface area contributed by atoms with E-state index < -0.39 is 0 Å². The molecule has 2 heteroatoms. The molecule has 0 aromatic heterocycles. The fraction of sp³-hybridized carbons (Fsp3) is 0.667.